The van der Waals surface area contributed by atoms with Gasteiger partial charge in [0.25, 0.3) is 5.22 Å². The highest BCUT2D eigenvalue weighted by atomic mass is 32.2. The first-order chi connectivity index (χ1) is 14.0. The van der Waals surface area contributed by atoms with Crippen LogP contribution in [-0.2, 0) is 13.0 Å². The number of nitrogens with zero attached hydrogens (tertiary/aromatic N) is 2. The van der Waals surface area contributed by atoms with E-state index in [9.17, 15) is 9.18 Å². The van der Waals surface area contributed by atoms with Crippen LogP contribution in [0.3, 0.4) is 0 Å². The molecule has 0 aliphatic carbocycles. The molecule has 0 amide bonds. The van der Waals surface area contributed by atoms with Gasteiger partial charge < -0.3 is 8.98 Å². The molecule has 0 radical (unpaired) electrons. The van der Waals surface area contributed by atoms with Gasteiger partial charge in [0.05, 0.1) is 5.75 Å². The van der Waals surface area contributed by atoms with Crippen molar-refractivity contribution in [3.8, 4) is 0 Å². The van der Waals surface area contributed by atoms with Gasteiger partial charge in [0.2, 0.25) is 0 Å². The molecular formula is C23H21FN2O2S. The Morgan fingerprint density at radius 1 is 1.14 bits per heavy atom. The van der Waals surface area contributed by atoms with Crippen molar-refractivity contribution < 1.29 is 13.6 Å². The molecule has 0 N–H and O–H groups in total. The number of ketones is 1. The molecule has 2 aromatic heterocycles. The zero-order chi connectivity index (χ0) is 20.4. The Labute approximate surface area is 172 Å². The molecule has 0 saturated heterocycles. The number of carbonyl (C=O) groups is 1. The number of thioether (sulfide) groups is 1. The van der Waals surface area contributed by atoms with Crippen LogP contribution in [0.4, 0.5) is 4.39 Å². The fourth-order valence-electron chi connectivity index (χ4n) is 3.44. The minimum Gasteiger partial charge on any atom is -0.431 e. The van der Waals surface area contributed by atoms with Crippen LogP contribution in [0.5, 0.6) is 0 Å². The summed E-state index contributed by atoms with van der Waals surface area (Å²) in [5.41, 5.74) is 5.30. The molecule has 148 valence electrons. The maximum Gasteiger partial charge on any atom is 0.257 e. The number of benzene rings is 2. The number of Topliss-reactive ketones (excluding diaryl/α,β-unsaturated/α-hetero) is 1. The Bertz CT molecular complexity index is 1130. The zero-order valence-corrected chi connectivity index (χ0v) is 17.1. The fourth-order valence-corrected chi connectivity index (χ4v) is 4.16. The number of aryl methyl sites for hydroxylation is 2. The van der Waals surface area contributed by atoms with Gasteiger partial charge in [0.1, 0.15) is 11.3 Å². The summed E-state index contributed by atoms with van der Waals surface area (Å²) < 4.78 is 20.9. The van der Waals surface area contributed by atoms with Crippen molar-refractivity contribution in [1.29, 1.82) is 0 Å². The van der Waals surface area contributed by atoms with E-state index in [1.807, 2.05) is 44.2 Å². The lowest BCUT2D eigenvalue weighted by atomic mass is 10.1. The van der Waals surface area contributed by atoms with Crippen LogP contribution in [0.1, 0.15) is 27.3 Å². The molecule has 4 nitrogen and oxygen atoms in total. The van der Waals surface area contributed by atoms with Crippen molar-refractivity contribution in [3.05, 3.63) is 82.9 Å². The second-order valence-electron chi connectivity index (χ2n) is 6.97. The van der Waals surface area contributed by atoms with E-state index >= 15 is 0 Å². The van der Waals surface area contributed by atoms with Crippen LogP contribution in [0.25, 0.3) is 11.1 Å². The first-order valence-corrected chi connectivity index (χ1v) is 10.4. The van der Waals surface area contributed by atoms with Gasteiger partial charge in [-0.05, 0) is 56.2 Å². The summed E-state index contributed by atoms with van der Waals surface area (Å²) in [5, 5.41) is 0.504. The Hall–Kier alpha value is -2.86. The highest BCUT2D eigenvalue weighted by Crippen LogP contribution is 2.25. The van der Waals surface area contributed by atoms with Gasteiger partial charge in [0, 0.05) is 23.5 Å². The Kier molecular flexibility index (Phi) is 5.53. The first kappa shape index (κ1) is 19.5. The van der Waals surface area contributed by atoms with E-state index < -0.39 is 0 Å². The van der Waals surface area contributed by atoms with Crippen molar-refractivity contribution in [3.63, 3.8) is 0 Å². The largest absolute Gasteiger partial charge is 0.431 e. The summed E-state index contributed by atoms with van der Waals surface area (Å²) in [5.74, 6) is 0.0968. The minimum absolute atomic E-state index is 0.0541. The molecule has 0 saturated carbocycles. The number of aromatic nitrogens is 2. The fraction of sp³-hybridized carbons (Fsp3) is 0.217. The van der Waals surface area contributed by atoms with Gasteiger partial charge in [-0.1, -0.05) is 36.0 Å². The molecule has 0 aliphatic rings. The summed E-state index contributed by atoms with van der Waals surface area (Å²) in [6.45, 7) is 4.71. The van der Waals surface area contributed by atoms with Crippen LogP contribution < -0.4 is 0 Å². The molecule has 0 atom stereocenters. The number of rotatable bonds is 7. The Morgan fingerprint density at radius 3 is 2.66 bits per heavy atom. The summed E-state index contributed by atoms with van der Waals surface area (Å²) in [6.07, 6.45) is 0.780. The predicted octanol–water partition coefficient (Wildman–Crippen LogP) is 5.60. The van der Waals surface area contributed by atoms with Crippen molar-refractivity contribution in [2.45, 2.75) is 32.0 Å². The van der Waals surface area contributed by atoms with E-state index in [1.54, 1.807) is 12.1 Å². The second kappa shape index (κ2) is 8.25. The Balaban J connectivity index is 1.43. The summed E-state index contributed by atoms with van der Waals surface area (Å²) >= 11 is 1.31. The smallest absolute Gasteiger partial charge is 0.257 e. The van der Waals surface area contributed by atoms with Gasteiger partial charge in [-0.15, -0.1) is 0 Å². The third-order valence-electron chi connectivity index (χ3n) is 5.01. The number of oxazole rings is 1. The van der Waals surface area contributed by atoms with Crippen molar-refractivity contribution in [2.24, 2.45) is 0 Å². The van der Waals surface area contributed by atoms with Gasteiger partial charge in [-0.25, -0.2) is 9.37 Å². The maximum atomic E-state index is 13.1. The standard InChI is InChI=1S/C23H21FN2O2S/c1-15-13-19(16(2)26(15)12-11-17-7-9-18(24)10-8-17)21(27)14-29-23-25-20-5-3-4-6-22(20)28-23/h3-10,13H,11-12,14H2,1-2H3. The van der Waals surface area contributed by atoms with Gasteiger partial charge in [-0.3, -0.25) is 4.79 Å². The number of carbonyl (C=O) groups excluding carboxylic acids is 1. The number of hydrogen-bond acceptors (Lipinski definition) is 4. The topological polar surface area (TPSA) is 48.0 Å². The Morgan fingerprint density at radius 2 is 1.90 bits per heavy atom. The SMILES string of the molecule is Cc1cc(C(=O)CSc2nc3ccccc3o2)c(C)n1CCc1ccc(F)cc1. The van der Waals surface area contributed by atoms with Gasteiger partial charge >= 0.3 is 0 Å². The molecule has 0 aliphatic heterocycles. The molecule has 6 heteroatoms. The summed E-state index contributed by atoms with van der Waals surface area (Å²) in [6, 6.07) is 16.0. The van der Waals surface area contributed by atoms with E-state index in [-0.39, 0.29) is 17.4 Å². The quantitative estimate of drug-likeness (QED) is 0.295. The third-order valence-corrected chi connectivity index (χ3v) is 5.84. The monoisotopic (exact) mass is 408 g/mol. The molecule has 29 heavy (non-hydrogen) atoms. The summed E-state index contributed by atoms with van der Waals surface area (Å²) in [4.78, 5) is 17.2. The van der Waals surface area contributed by atoms with Crippen LogP contribution in [0.15, 0.2) is 64.2 Å². The minimum atomic E-state index is -0.230. The normalized spacial score (nSPS) is 11.3. The van der Waals surface area contributed by atoms with E-state index in [2.05, 4.69) is 9.55 Å². The van der Waals surface area contributed by atoms with Gasteiger partial charge in [-0.2, -0.15) is 0 Å². The van der Waals surface area contributed by atoms with Gasteiger partial charge in [0.15, 0.2) is 11.4 Å². The molecule has 2 aromatic carbocycles. The highest BCUT2D eigenvalue weighted by molar-refractivity contribution is 7.99. The maximum absolute atomic E-state index is 13.1. The van der Waals surface area contributed by atoms with E-state index in [4.69, 9.17) is 4.42 Å². The number of halogens is 1. The lowest BCUT2D eigenvalue weighted by Gasteiger charge is -2.10. The molecule has 0 spiro atoms. The molecule has 0 fully saturated rings. The highest BCUT2D eigenvalue weighted by Gasteiger charge is 2.17. The molecular weight excluding hydrogens is 387 g/mol. The summed E-state index contributed by atoms with van der Waals surface area (Å²) in [7, 11) is 0. The molecule has 2 heterocycles. The average Bonchev–Trinajstić information content (AvgIpc) is 3.26. The molecule has 4 rings (SSSR count). The van der Waals surface area contributed by atoms with E-state index in [0.29, 0.717) is 5.22 Å². The first-order valence-electron chi connectivity index (χ1n) is 9.44. The third kappa shape index (κ3) is 4.27. The van der Waals surface area contributed by atoms with Crippen LogP contribution in [0.2, 0.25) is 0 Å². The van der Waals surface area contributed by atoms with Crippen molar-refractivity contribution in [1.82, 2.24) is 9.55 Å². The molecule has 0 bridgehead atoms. The lowest BCUT2D eigenvalue weighted by Crippen LogP contribution is -2.08. The van der Waals surface area contributed by atoms with Crippen LogP contribution in [-0.4, -0.2) is 21.1 Å². The molecule has 0 unspecified atom stereocenters. The predicted molar refractivity (Wildman–Crippen MR) is 113 cm³/mol. The van der Waals surface area contributed by atoms with Crippen molar-refractivity contribution >= 4 is 28.6 Å². The number of para-hydroxylation sites is 2. The number of hydrogen-bond donors (Lipinski definition) is 0. The van der Waals surface area contributed by atoms with E-state index in [1.165, 1.54) is 23.9 Å². The average molecular weight is 408 g/mol. The van der Waals surface area contributed by atoms with Crippen LogP contribution in [0, 0.1) is 19.7 Å². The van der Waals surface area contributed by atoms with Crippen molar-refractivity contribution in [2.75, 3.05) is 5.75 Å². The second-order valence-corrected chi connectivity index (χ2v) is 7.90. The van der Waals surface area contributed by atoms with Crippen LogP contribution >= 0.6 is 11.8 Å². The van der Waals surface area contributed by atoms with E-state index in [0.717, 1.165) is 46.6 Å². The number of fused-ring (bicyclic) bond motifs is 1. The lowest BCUT2D eigenvalue weighted by molar-refractivity contribution is 0.102. The zero-order valence-electron chi connectivity index (χ0n) is 16.3. The molecule has 4 aromatic rings.